The summed E-state index contributed by atoms with van der Waals surface area (Å²) in [7, 11) is 0. The van der Waals surface area contributed by atoms with Gasteiger partial charge in [0.1, 0.15) is 0 Å². The summed E-state index contributed by atoms with van der Waals surface area (Å²) in [4.78, 5) is 25.3. The van der Waals surface area contributed by atoms with Crippen LogP contribution in [0.3, 0.4) is 0 Å². The molecule has 3 heteroatoms. The number of Topliss-reactive ketones (excluding diaryl/α,β-unsaturated/α-hetero) is 2. The van der Waals surface area contributed by atoms with Gasteiger partial charge in [-0.2, -0.15) is 0 Å². The fourth-order valence-electron chi connectivity index (χ4n) is 3.69. The summed E-state index contributed by atoms with van der Waals surface area (Å²) in [6.07, 6.45) is 4.93. The zero-order chi connectivity index (χ0) is 14.3. The van der Waals surface area contributed by atoms with Gasteiger partial charge in [0.25, 0.3) is 0 Å². The molecule has 0 aromatic heterocycles. The second-order valence-corrected chi connectivity index (χ2v) is 5.73. The van der Waals surface area contributed by atoms with Gasteiger partial charge in [0.2, 0.25) is 5.60 Å². The first-order chi connectivity index (χ1) is 9.60. The molecule has 2 unspecified atom stereocenters. The first-order valence-corrected chi connectivity index (χ1v) is 7.13. The summed E-state index contributed by atoms with van der Waals surface area (Å²) in [6, 6.07) is 6.97. The van der Waals surface area contributed by atoms with Crippen molar-refractivity contribution in [2.24, 2.45) is 11.8 Å². The molecule has 3 nitrogen and oxygen atoms in total. The van der Waals surface area contributed by atoms with Crippen LogP contribution in [0.15, 0.2) is 30.8 Å². The molecule has 0 heterocycles. The predicted molar refractivity (Wildman–Crippen MR) is 75.9 cm³/mol. The van der Waals surface area contributed by atoms with Gasteiger partial charge in [0.15, 0.2) is 11.6 Å². The summed E-state index contributed by atoms with van der Waals surface area (Å²) in [6.45, 7) is 3.70. The molecule has 2 aliphatic carbocycles. The van der Waals surface area contributed by atoms with E-state index in [4.69, 9.17) is 0 Å². The van der Waals surface area contributed by atoms with E-state index in [1.165, 1.54) is 0 Å². The Kier molecular flexibility index (Phi) is 3.09. The molecule has 3 rings (SSSR count). The molecule has 104 valence electrons. The van der Waals surface area contributed by atoms with Crippen LogP contribution in [0.2, 0.25) is 0 Å². The average Bonchev–Trinajstić information content (AvgIpc) is 2.70. The molecule has 0 aliphatic heterocycles. The van der Waals surface area contributed by atoms with Crippen molar-refractivity contribution >= 4 is 17.6 Å². The minimum atomic E-state index is -1.97. The molecular weight excluding hydrogens is 252 g/mol. The average molecular weight is 270 g/mol. The molecular formula is C17H18O3. The summed E-state index contributed by atoms with van der Waals surface area (Å²) in [5, 5.41) is 10.9. The number of carbonyl (C=O) groups excluding carboxylic acids is 2. The van der Waals surface area contributed by atoms with Gasteiger partial charge < -0.3 is 5.11 Å². The van der Waals surface area contributed by atoms with E-state index in [0.717, 1.165) is 12.8 Å². The summed E-state index contributed by atoms with van der Waals surface area (Å²) in [5.41, 5.74) is -0.931. The van der Waals surface area contributed by atoms with Gasteiger partial charge in [-0.1, -0.05) is 49.8 Å². The van der Waals surface area contributed by atoms with Crippen LogP contribution >= 0.6 is 0 Å². The molecule has 20 heavy (non-hydrogen) atoms. The highest BCUT2D eigenvalue weighted by molar-refractivity contribution is 6.19. The molecule has 0 bridgehead atoms. The number of fused-ring (bicyclic) bond motifs is 1. The van der Waals surface area contributed by atoms with E-state index >= 15 is 0 Å². The Balaban J connectivity index is 2.13. The maximum atomic E-state index is 12.6. The van der Waals surface area contributed by atoms with Crippen LogP contribution in [0, 0.1) is 11.8 Å². The molecule has 1 aromatic rings. The molecule has 2 fully saturated rings. The number of benzene rings is 1. The highest BCUT2D eigenvalue weighted by Gasteiger charge is 2.60. The first-order valence-electron chi connectivity index (χ1n) is 7.13. The van der Waals surface area contributed by atoms with Crippen molar-refractivity contribution in [3.63, 3.8) is 0 Å². The van der Waals surface area contributed by atoms with E-state index in [1.807, 2.05) is 0 Å². The second kappa shape index (κ2) is 4.67. The summed E-state index contributed by atoms with van der Waals surface area (Å²) < 4.78 is 0. The third-order valence-corrected chi connectivity index (χ3v) is 4.72. The number of hydrogen-bond acceptors (Lipinski definition) is 3. The fraction of sp³-hybridized carbons (Fsp3) is 0.412. The number of aliphatic hydroxyl groups is 1. The summed E-state index contributed by atoms with van der Waals surface area (Å²) in [5.74, 6) is -1.25. The van der Waals surface area contributed by atoms with E-state index in [0.29, 0.717) is 24.0 Å². The molecule has 1 N–H and O–H groups in total. The van der Waals surface area contributed by atoms with Crippen molar-refractivity contribution < 1.29 is 14.7 Å². The maximum Gasteiger partial charge on any atom is 0.208 e. The van der Waals surface area contributed by atoms with Gasteiger partial charge in [-0.15, -0.1) is 0 Å². The normalized spacial score (nSPS) is 33.0. The van der Waals surface area contributed by atoms with Crippen LogP contribution in [0.25, 0.3) is 6.08 Å². The lowest BCUT2D eigenvalue weighted by Gasteiger charge is -2.22. The Morgan fingerprint density at radius 3 is 2.20 bits per heavy atom. The predicted octanol–water partition coefficient (Wildman–Crippen LogP) is 2.48. The topological polar surface area (TPSA) is 54.4 Å². The molecule has 2 aliphatic rings. The minimum absolute atomic E-state index is 0.306. The Hall–Kier alpha value is -1.74. The zero-order valence-corrected chi connectivity index (χ0v) is 11.3. The van der Waals surface area contributed by atoms with Crippen LogP contribution in [-0.2, 0) is 15.2 Å². The molecule has 0 amide bonds. The van der Waals surface area contributed by atoms with Crippen molar-refractivity contribution in [1.29, 1.82) is 0 Å². The molecule has 0 spiro atoms. The highest BCUT2D eigenvalue weighted by Crippen LogP contribution is 2.47. The lowest BCUT2D eigenvalue weighted by Crippen LogP contribution is -2.39. The Morgan fingerprint density at radius 2 is 1.65 bits per heavy atom. The van der Waals surface area contributed by atoms with Crippen LogP contribution in [0.5, 0.6) is 0 Å². The molecule has 0 radical (unpaired) electrons. The standard InChI is InChI=1S/C17H18O3/c1-2-11-7-3-6-10-14(11)17(20)15(18)12-8-4-5-9-13(12)16(17)19/h2-3,6-7,10,12-13,20H,1,4-5,8-9H2. The van der Waals surface area contributed by atoms with Gasteiger partial charge in [-0.05, 0) is 18.4 Å². The van der Waals surface area contributed by atoms with Crippen LogP contribution in [0.1, 0.15) is 36.8 Å². The number of ketones is 2. The molecule has 1 aromatic carbocycles. The van der Waals surface area contributed by atoms with Crippen LogP contribution in [0.4, 0.5) is 0 Å². The van der Waals surface area contributed by atoms with E-state index < -0.39 is 5.60 Å². The SMILES string of the molecule is C=Cc1ccccc1C1(O)C(=O)C2CCCCC2C1=O. The zero-order valence-electron chi connectivity index (χ0n) is 11.3. The Labute approximate surface area is 118 Å². The third-order valence-electron chi connectivity index (χ3n) is 4.72. The van der Waals surface area contributed by atoms with E-state index in [1.54, 1.807) is 30.3 Å². The first kappa shape index (κ1) is 13.3. The van der Waals surface area contributed by atoms with E-state index in [2.05, 4.69) is 6.58 Å². The van der Waals surface area contributed by atoms with E-state index in [9.17, 15) is 14.7 Å². The van der Waals surface area contributed by atoms with Crippen molar-refractivity contribution in [3.8, 4) is 0 Å². The van der Waals surface area contributed by atoms with Gasteiger partial charge in [0.05, 0.1) is 0 Å². The lowest BCUT2D eigenvalue weighted by molar-refractivity contribution is -0.147. The number of rotatable bonds is 2. The second-order valence-electron chi connectivity index (χ2n) is 5.73. The minimum Gasteiger partial charge on any atom is -0.371 e. The van der Waals surface area contributed by atoms with Crippen LogP contribution in [-0.4, -0.2) is 16.7 Å². The lowest BCUT2D eigenvalue weighted by atomic mass is 9.81. The quantitative estimate of drug-likeness (QED) is 0.840. The number of hydrogen-bond donors (Lipinski definition) is 1. The third kappa shape index (κ3) is 1.63. The fourth-order valence-corrected chi connectivity index (χ4v) is 3.69. The van der Waals surface area contributed by atoms with Crippen LogP contribution < -0.4 is 0 Å². The van der Waals surface area contributed by atoms with Gasteiger partial charge in [-0.3, -0.25) is 9.59 Å². The monoisotopic (exact) mass is 270 g/mol. The molecule has 0 saturated heterocycles. The largest absolute Gasteiger partial charge is 0.371 e. The Bertz CT molecular complexity index is 564. The highest BCUT2D eigenvalue weighted by atomic mass is 16.3. The van der Waals surface area contributed by atoms with Crippen molar-refractivity contribution in [1.82, 2.24) is 0 Å². The van der Waals surface area contributed by atoms with Crippen molar-refractivity contribution in [3.05, 3.63) is 42.0 Å². The molecule has 2 atom stereocenters. The van der Waals surface area contributed by atoms with Gasteiger partial charge in [-0.25, -0.2) is 0 Å². The van der Waals surface area contributed by atoms with E-state index in [-0.39, 0.29) is 23.4 Å². The Morgan fingerprint density at radius 1 is 1.10 bits per heavy atom. The van der Waals surface area contributed by atoms with Crippen molar-refractivity contribution in [2.45, 2.75) is 31.3 Å². The van der Waals surface area contributed by atoms with Gasteiger partial charge >= 0.3 is 0 Å². The maximum absolute atomic E-state index is 12.6. The number of carbonyl (C=O) groups is 2. The van der Waals surface area contributed by atoms with Gasteiger partial charge in [0, 0.05) is 17.4 Å². The van der Waals surface area contributed by atoms with Crippen molar-refractivity contribution in [2.75, 3.05) is 0 Å². The smallest absolute Gasteiger partial charge is 0.208 e. The molecule has 2 saturated carbocycles. The summed E-state index contributed by atoms with van der Waals surface area (Å²) >= 11 is 0.